The highest BCUT2D eigenvalue weighted by molar-refractivity contribution is 6.23. The van der Waals surface area contributed by atoms with E-state index in [0.717, 1.165) is 44.4 Å². The van der Waals surface area contributed by atoms with E-state index in [1.165, 1.54) is 48.8 Å². The van der Waals surface area contributed by atoms with Crippen molar-refractivity contribution in [1.29, 1.82) is 0 Å². The first kappa shape index (κ1) is 26.8. The number of furan rings is 1. The summed E-state index contributed by atoms with van der Waals surface area (Å²) in [7, 11) is 0. The summed E-state index contributed by atoms with van der Waals surface area (Å²) in [6, 6.07) is 63.2. The number of nitrogens with zero attached hydrogens (tertiary/aromatic N) is 1. The van der Waals surface area contributed by atoms with Crippen LogP contribution in [0.3, 0.4) is 0 Å². The predicted octanol–water partition coefficient (Wildman–Crippen LogP) is 13.3. The van der Waals surface area contributed by atoms with Crippen molar-refractivity contribution in [1.82, 2.24) is 0 Å². The number of anilines is 3. The Bertz CT molecular complexity index is 2830. The highest BCUT2D eigenvalue weighted by Crippen LogP contribution is 2.47. The van der Waals surface area contributed by atoms with Crippen molar-refractivity contribution in [2.45, 2.75) is 0 Å². The second-order valence-electron chi connectivity index (χ2n) is 12.5. The zero-order valence-corrected chi connectivity index (χ0v) is 26.1. The Morgan fingerprint density at radius 2 is 0.875 bits per heavy atom. The van der Waals surface area contributed by atoms with Gasteiger partial charge in [-0.2, -0.15) is 0 Å². The van der Waals surface area contributed by atoms with Crippen molar-refractivity contribution in [3.63, 3.8) is 0 Å². The van der Waals surface area contributed by atoms with E-state index in [1.54, 1.807) is 0 Å². The first-order valence-electron chi connectivity index (χ1n) is 16.4. The first-order chi connectivity index (χ1) is 23.8. The molecule has 0 saturated heterocycles. The van der Waals surface area contributed by atoms with E-state index in [4.69, 9.17) is 4.42 Å². The van der Waals surface area contributed by atoms with E-state index in [2.05, 4.69) is 181 Å². The summed E-state index contributed by atoms with van der Waals surface area (Å²) in [4.78, 5) is 2.39. The molecule has 1 heterocycles. The van der Waals surface area contributed by atoms with Crippen LogP contribution in [-0.4, -0.2) is 0 Å². The Balaban J connectivity index is 1.30. The van der Waals surface area contributed by atoms with E-state index in [9.17, 15) is 0 Å². The van der Waals surface area contributed by atoms with Crippen LogP contribution < -0.4 is 4.90 Å². The standard InChI is InChI=1S/C46H29NO/c1-2-11-30(12-3-1)31-21-25-34(26-22-31)47(43-20-10-19-40-41-28-24-33-14-5-7-16-36(33)45(41)48-46(40)43)44-29-42-35-15-6-4-13-32(35)23-27-38(42)37-17-8-9-18-39(37)44/h1-29H. The molecule has 0 saturated carbocycles. The minimum atomic E-state index is 0.873. The molecule has 0 unspecified atom stereocenters. The van der Waals surface area contributed by atoms with Gasteiger partial charge in [0.1, 0.15) is 5.58 Å². The summed E-state index contributed by atoms with van der Waals surface area (Å²) in [5.41, 5.74) is 7.36. The van der Waals surface area contributed by atoms with Crippen LogP contribution in [0.2, 0.25) is 0 Å². The van der Waals surface area contributed by atoms with Crippen LogP contribution in [0.5, 0.6) is 0 Å². The summed E-state index contributed by atoms with van der Waals surface area (Å²) in [6.45, 7) is 0. The maximum absolute atomic E-state index is 6.94. The van der Waals surface area contributed by atoms with Crippen molar-refractivity contribution in [2.24, 2.45) is 0 Å². The third-order valence-corrected chi connectivity index (χ3v) is 9.83. The monoisotopic (exact) mass is 611 g/mol. The average Bonchev–Trinajstić information content (AvgIpc) is 3.56. The van der Waals surface area contributed by atoms with Gasteiger partial charge in [0.05, 0.1) is 11.4 Å². The molecule has 0 aliphatic rings. The molecule has 1 aromatic heterocycles. The number of para-hydroxylation sites is 1. The molecule has 0 atom stereocenters. The Hall–Kier alpha value is -6.38. The third kappa shape index (κ3) is 4.06. The SMILES string of the molecule is c1ccc(-c2ccc(N(c3cc4c5ccccc5ccc4c4ccccc34)c3cccc4c3oc3c5ccccc5ccc43)cc2)cc1. The van der Waals surface area contributed by atoms with Crippen LogP contribution in [0.15, 0.2) is 180 Å². The van der Waals surface area contributed by atoms with Gasteiger partial charge < -0.3 is 9.32 Å². The van der Waals surface area contributed by atoms with Gasteiger partial charge in [-0.15, -0.1) is 0 Å². The van der Waals surface area contributed by atoms with Gasteiger partial charge in [0.15, 0.2) is 5.58 Å². The molecule has 0 fully saturated rings. The first-order valence-corrected chi connectivity index (χ1v) is 16.4. The Kier molecular flexibility index (Phi) is 5.91. The fraction of sp³-hybridized carbons (Fsp3) is 0. The van der Waals surface area contributed by atoms with Crippen LogP contribution >= 0.6 is 0 Å². The van der Waals surface area contributed by atoms with Crippen molar-refractivity contribution >= 4 is 82.1 Å². The molecule has 2 heteroatoms. The molecule has 0 radical (unpaired) electrons. The summed E-state index contributed by atoms with van der Waals surface area (Å²) in [5.74, 6) is 0. The molecule has 0 bridgehead atoms. The quantitative estimate of drug-likeness (QED) is 0.184. The predicted molar refractivity (Wildman–Crippen MR) is 204 cm³/mol. The van der Waals surface area contributed by atoms with Gasteiger partial charge >= 0.3 is 0 Å². The summed E-state index contributed by atoms with van der Waals surface area (Å²) in [6.07, 6.45) is 0. The van der Waals surface area contributed by atoms with Crippen molar-refractivity contribution in [2.75, 3.05) is 4.90 Å². The summed E-state index contributed by atoms with van der Waals surface area (Å²) in [5, 5.41) is 11.9. The summed E-state index contributed by atoms with van der Waals surface area (Å²) >= 11 is 0. The second-order valence-corrected chi connectivity index (χ2v) is 12.5. The molecule has 0 amide bonds. The van der Waals surface area contributed by atoms with Gasteiger partial charge in [0, 0.05) is 27.2 Å². The fourth-order valence-electron chi connectivity index (χ4n) is 7.56. The third-order valence-electron chi connectivity index (χ3n) is 9.83. The molecule has 0 spiro atoms. The van der Waals surface area contributed by atoms with E-state index in [-0.39, 0.29) is 0 Å². The molecule has 48 heavy (non-hydrogen) atoms. The lowest BCUT2D eigenvalue weighted by molar-refractivity contribution is 0.673. The second kappa shape index (κ2) is 10.6. The Morgan fingerprint density at radius 1 is 0.312 bits per heavy atom. The van der Waals surface area contributed by atoms with Gasteiger partial charge in [-0.3, -0.25) is 0 Å². The molecular weight excluding hydrogens is 583 g/mol. The average molecular weight is 612 g/mol. The molecule has 0 aliphatic heterocycles. The van der Waals surface area contributed by atoms with Crippen molar-refractivity contribution in [3.8, 4) is 11.1 Å². The minimum Gasteiger partial charge on any atom is -0.453 e. The molecule has 224 valence electrons. The maximum atomic E-state index is 6.94. The van der Waals surface area contributed by atoms with E-state index in [1.807, 2.05) is 0 Å². The molecule has 10 aromatic rings. The molecule has 9 aromatic carbocycles. The number of hydrogen-bond donors (Lipinski definition) is 0. The number of rotatable bonds is 4. The Labute approximate surface area is 277 Å². The smallest absolute Gasteiger partial charge is 0.159 e. The normalized spacial score (nSPS) is 11.8. The summed E-state index contributed by atoms with van der Waals surface area (Å²) < 4.78 is 6.94. The van der Waals surface area contributed by atoms with E-state index >= 15 is 0 Å². The zero-order chi connectivity index (χ0) is 31.6. The lowest BCUT2D eigenvalue weighted by Crippen LogP contribution is -2.11. The van der Waals surface area contributed by atoms with Gasteiger partial charge in [-0.25, -0.2) is 0 Å². The molecule has 0 aliphatic carbocycles. The number of fused-ring (bicyclic) bond motifs is 10. The van der Waals surface area contributed by atoms with Crippen LogP contribution in [0, 0.1) is 0 Å². The Morgan fingerprint density at radius 3 is 1.67 bits per heavy atom. The minimum absolute atomic E-state index is 0.873. The molecule has 10 rings (SSSR count). The van der Waals surface area contributed by atoms with Crippen LogP contribution in [0.1, 0.15) is 0 Å². The number of hydrogen-bond acceptors (Lipinski definition) is 2. The number of benzene rings is 9. The van der Waals surface area contributed by atoms with Gasteiger partial charge in [-0.1, -0.05) is 146 Å². The van der Waals surface area contributed by atoms with Gasteiger partial charge in [0.25, 0.3) is 0 Å². The molecular formula is C46H29NO. The lowest BCUT2D eigenvalue weighted by atomic mass is 9.95. The van der Waals surface area contributed by atoms with E-state index < -0.39 is 0 Å². The highest BCUT2D eigenvalue weighted by atomic mass is 16.3. The maximum Gasteiger partial charge on any atom is 0.159 e. The van der Waals surface area contributed by atoms with Crippen LogP contribution in [0.25, 0.3) is 76.2 Å². The van der Waals surface area contributed by atoms with Gasteiger partial charge in [-0.05, 0) is 73.8 Å². The topological polar surface area (TPSA) is 16.4 Å². The van der Waals surface area contributed by atoms with Crippen LogP contribution in [0.4, 0.5) is 17.1 Å². The van der Waals surface area contributed by atoms with Gasteiger partial charge in [0.2, 0.25) is 0 Å². The fourth-order valence-corrected chi connectivity index (χ4v) is 7.56. The van der Waals surface area contributed by atoms with Crippen molar-refractivity contribution < 1.29 is 4.42 Å². The largest absolute Gasteiger partial charge is 0.453 e. The molecule has 2 nitrogen and oxygen atoms in total. The molecule has 0 N–H and O–H groups in total. The highest BCUT2D eigenvalue weighted by Gasteiger charge is 2.23. The van der Waals surface area contributed by atoms with E-state index in [0.29, 0.717) is 0 Å². The zero-order valence-electron chi connectivity index (χ0n) is 26.1. The van der Waals surface area contributed by atoms with Crippen molar-refractivity contribution in [3.05, 3.63) is 176 Å². The lowest BCUT2D eigenvalue weighted by Gasteiger charge is -2.28. The van der Waals surface area contributed by atoms with Crippen LogP contribution in [-0.2, 0) is 0 Å².